The molecule has 25 heavy (non-hydrogen) atoms. The lowest BCUT2D eigenvalue weighted by molar-refractivity contribution is -0.124. The molecule has 1 saturated heterocycles. The van der Waals surface area contributed by atoms with Gasteiger partial charge in [0, 0.05) is 18.8 Å². The Balaban J connectivity index is 1.83. The lowest BCUT2D eigenvalue weighted by Gasteiger charge is -2.39. The first-order chi connectivity index (χ1) is 11.9. The van der Waals surface area contributed by atoms with Crippen LogP contribution < -0.4 is 4.90 Å². The van der Waals surface area contributed by atoms with Gasteiger partial charge in [0.15, 0.2) is 0 Å². The lowest BCUT2D eigenvalue weighted by Crippen LogP contribution is -2.57. The fourth-order valence-electron chi connectivity index (χ4n) is 2.94. The normalized spacial score (nSPS) is 17.8. The average molecular weight is 344 g/mol. The van der Waals surface area contributed by atoms with Crippen molar-refractivity contribution < 1.29 is 18.4 Å². The summed E-state index contributed by atoms with van der Waals surface area (Å²) in [5, 5.41) is 0. The zero-order valence-corrected chi connectivity index (χ0v) is 14.0. The van der Waals surface area contributed by atoms with Gasteiger partial charge >= 0.3 is 0 Å². The minimum atomic E-state index is -0.759. The maximum atomic E-state index is 13.9. The van der Waals surface area contributed by atoms with Crippen LogP contribution in [-0.4, -0.2) is 35.8 Å². The molecule has 2 amide bonds. The van der Waals surface area contributed by atoms with Crippen LogP contribution in [0.15, 0.2) is 42.5 Å². The number of amides is 2. The van der Waals surface area contributed by atoms with E-state index in [1.165, 1.54) is 34.1 Å². The molecule has 0 aromatic heterocycles. The van der Waals surface area contributed by atoms with Gasteiger partial charge in [0.05, 0.1) is 5.56 Å². The van der Waals surface area contributed by atoms with Crippen molar-refractivity contribution in [1.29, 1.82) is 0 Å². The van der Waals surface area contributed by atoms with E-state index in [2.05, 4.69) is 0 Å². The van der Waals surface area contributed by atoms with Crippen LogP contribution in [-0.2, 0) is 4.79 Å². The molecule has 0 N–H and O–H groups in total. The van der Waals surface area contributed by atoms with Crippen LogP contribution in [0.2, 0.25) is 0 Å². The number of carbonyl (C=O) groups excluding carboxylic acids is 2. The van der Waals surface area contributed by atoms with Crippen molar-refractivity contribution in [1.82, 2.24) is 4.90 Å². The van der Waals surface area contributed by atoms with E-state index in [9.17, 15) is 18.4 Å². The van der Waals surface area contributed by atoms with Crippen LogP contribution in [0, 0.1) is 18.6 Å². The molecule has 4 nitrogen and oxygen atoms in total. The third kappa shape index (κ3) is 3.12. The Morgan fingerprint density at radius 3 is 2.48 bits per heavy atom. The summed E-state index contributed by atoms with van der Waals surface area (Å²) in [4.78, 5) is 28.0. The second kappa shape index (κ2) is 6.63. The first-order valence-electron chi connectivity index (χ1n) is 8.03. The van der Waals surface area contributed by atoms with E-state index in [1.807, 2.05) is 0 Å². The molecule has 1 atom stereocenters. The number of halogens is 2. The van der Waals surface area contributed by atoms with E-state index < -0.39 is 17.8 Å². The van der Waals surface area contributed by atoms with Gasteiger partial charge in [-0.25, -0.2) is 8.78 Å². The summed E-state index contributed by atoms with van der Waals surface area (Å²) in [6, 6.07) is 9.54. The summed E-state index contributed by atoms with van der Waals surface area (Å²) in [6.45, 7) is 3.72. The SMILES string of the molecule is Cc1ccc(N2CCN(C(=O)c3ccccc3F)C(C)C2=O)cc1F. The highest BCUT2D eigenvalue weighted by molar-refractivity contribution is 6.03. The average Bonchev–Trinajstić information content (AvgIpc) is 2.60. The molecular formula is C19H18F2N2O2. The lowest BCUT2D eigenvalue weighted by atomic mass is 10.1. The maximum absolute atomic E-state index is 13.9. The predicted octanol–water partition coefficient (Wildman–Crippen LogP) is 3.15. The largest absolute Gasteiger partial charge is 0.325 e. The molecule has 1 heterocycles. The molecule has 130 valence electrons. The van der Waals surface area contributed by atoms with Gasteiger partial charge in [0.2, 0.25) is 5.91 Å². The Labute approximate surface area is 144 Å². The van der Waals surface area contributed by atoms with Gasteiger partial charge in [-0.05, 0) is 43.7 Å². The molecule has 0 spiro atoms. The van der Waals surface area contributed by atoms with Crippen molar-refractivity contribution in [3.8, 4) is 0 Å². The van der Waals surface area contributed by atoms with Crippen LogP contribution in [0.25, 0.3) is 0 Å². The van der Waals surface area contributed by atoms with Gasteiger partial charge < -0.3 is 9.80 Å². The van der Waals surface area contributed by atoms with Crippen LogP contribution in [0.5, 0.6) is 0 Å². The van der Waals surface area contributed by atoms with E-state index in [-0.39, 0.29) is 30.4 Å². The van der Waals surface area contributed by atoms with Gasteiger partial charge in [-0.3, -0.25) is 9.59 Å². The Bertz CT molecular complexity index is 838. The third-order valence-electron chi connectivity index (χ3n) is 4.49. The zero-order valence-electron chi connectivity index (χ0n) is 14.0. The molecule has 2 aromatic carbocycles. The number of piperazine rings is 1. The van der Waals surface area contributed by atoms with Crippen LogP contribution in [0.4, 0.5) is 14.5 Å². The molecule has 3 rings (SSSR count). The molecule has 0 radical (unpaired) electrons. The van der Waals surface area contributed by atoms with Gasteiger partial charge in [-0.15, -0.1) is 0 Å². The number of rotatable bonds is 2. The van der Waals surface area contributed by atoms with Crippen molar-refractivity contribution in [3.05, 3.63) is 65.2 Å². The Kier molecular flexibility index (Phi) is 4.53. The first-order valence-corrected chi connectivity index (χ1v) is 8.03. The molecule has 1 unspecified atom stereocenters. The number of carbonyl (C=O) groups is 2. The van der Waals surface area contributed by atoms with E-state index in [1.54, 1.807) is 32.0 Å². The molecular weight excluding hydrogens is 326 g/mol. The summed E-state index contributed by atoms with van der Waals surface area (Å²) in [7, 11) is 0. The van der Waals surface area contributed by atoms with E-state index in [0.717, 1.165) is 0 Å². The molecule has 1 aliphatic rings. The smallest absolute Gasteiger partial charge is 0.257 e. The summed E-state index contributed by atoms with van der Waals surface area (Å²) in [6.07, 6.45) is 0. The highest BCUT2D eigenvalue weighted by Gasteiger charge is 2.36. The summed E-state index contributed by atoms with van der Waals surface area (Å²) in [5.41, 5.74) is 0.896. The van der Waals surface area contributed by atoms with E-state index in [4.69, 9.17) is 0 Å². The van der Waals surface area contributed by atoms with Gasteiger partial charge in [0.25, 0.3) is 5.91 Å². The fraction of sp³-hybridized carbons (Fsp3) is 0.263. The summed E-state index contributed by atoms with van der Waals surface area (Å²) >= 11 is 0. The fourth-order valence-corrected chi connectivity index (χ4v) is 2.94. The van der Waals surface area contributed by atoms with E-state index in [0.29, 0.717) is 11.3 Å². The number of hydrogen-bond acceptors (Lipinski definition) is 2. The van der Waals surface area contributed by atoms with Gasteiger partial charge in [-0.2, -0.15) is 0 Å². The highest BCUT2D eigenvalue weighted by atomic mass is 19.1. The van der Waals surface area contributed by atoms with Crippen molar-refractivity contribution in [2.75, 3.05) is 18.0 Å². The Hall–Kier alpha value is -2.76. The number of nitrogens with zero attached hydrogens (tertiary/aromatic N) is 2. The Morgan fingerprint density at radius 2 is 1.80 bits per heavy atom. The Morgan fingerprint density at radius 1 is 1.08 bits per heavy atom. The van der Waals surface area contributed by atoms with Crippen molar-refractivity contribution in [3.63, 3.8) is 0 Å². The summed E-state index contributed by atoms with van der Waals surface area (Å²) in [5.74, 6) is -1.84. The quantitative estimate of drug-likeness (QED) is 0.840. The first kappa shape index (κ1) is 17.1. The van der Waals surface area contributed by atoms with Crippen molar-refractivity contribution in [2.45, 2.75) is 19.9 Å². The zero-order chi connectivity index (χ0) is 18.1. The minimum Gasteiger partial charge on any atom is -0.325 e. The molecule has 0 bridgehead atoms. The second-order valence-electron chi connectivity index (χ2n) is 6.08. The van der Waals surface area contributed by atoms with Crippen molar-refractivity contribution >= 4 is 17.5 Å². The van der Waals surface area contributed by atoms with Gasteiger partial charge in [0.1, 0.15) is 17.7 Å². The molecule has 0 aliphatic carbocycles. The molecule has 0 saturated carbocycles. The molecule has 1 fully saturated rings. The van der Waals surface area contributed by atoms with Gasteiger partial charge in [-0.1, -0.05) is 18.2 Å². The third-order valence-corrected chi connectivity index (χ3v) is 4.49. The molecule has 2 aromatic rings. The molecule has 6 heteroatoms. The van der Waals surface area contributed by atoms with Crippen LogP contribution in [0.1, 0.15) is 22.8 Å². The second-order valence-corrected chi connectivity index (χ2v) is 6.08. The van der Waals surface area contributed by atoms with Crippen molar-refractivity contribution in [2.24, 2.45) is 0 Å². The molecule has 1 aliphatic heterocycles. The number of aryl methyl sites for hydroxylation is 1. The maximum Gasteiger partial charge on any atom is 0.257 e. The predicted molar refractivity (Wildman–Crippen MR) is 90.4 cm³/mol. The number of anilines is 1. The topological polar surface area (TPSA) is 40.6 Å². The highest BCUT2D eigenvalue weighted by Crippen LogP contribution is 2.24. The summed E-state index contributed by atoms with van der Waals surface area (Å²) < 4.78 is 27.6. The van der Waals surface area contributed by atoms with Crippen LogP contribution >= 0.6 is 0 Å². The van der Waals surface area contributed by atoms with E-state index >= 15 is 0 Å². The monoisotopic (exact) mass is 344 g/mol. The number of hydrogen-bond donors (Lipinski definition) is 0. The number of benzene rings is 2. The minimum absolute atomic E-state index is 0.0584. The van der Waals surface area contributed by atoms with Crippen LogP contribution in [0.3, 0.4) is 0 Å². The standard InChI is InChI=1S/C19H18F2N2O2/c1-12-7-8-14(11-17(12)21)23-10-9-22(13(2)18(23)24)19(25)15-5-3-4-6-16(15)20/h3-8,11,13H,9-10H2,1-2H3.